The first-order valence-corrected chi connectivity index (χ1v) is 12.5. The molecule has 0 N–H and O–H groups in total. The molecule has 1 aromatic rings. The zero-order valence-corrected chi connectivity index (χ0v) is 18.4. The van der Waals surface area contributed by atoms with E-state index in [1.165, 1.54) is 36.6 Å². The standard InChI is InChI=1S/C22H31N3O4S/c1-17(26)23-12-14-24(15-13-23)30(28,29)20-9-4-7-19(16-20)22(27)25-11-5-8-18-6-2-3-10-21(18)25/h4,7,9,16,18,21H,2-3,5-6,8,10-15H2,1H3/t18-,21+/m0/s1. The Kier molecular flexibility index (Phi) is 6.16. The van der Waals surface area contributed by atoms with Gasteiger partial charge in [-0.1, -0.05) is 18.9 Å². The largest absolute Gasteiger partial charge is 0.340 e. The minimum atomic E-state index is -3.70. The molecule has 0 spiro atoms. The molecule has 1 aromatic carbocycles. The van der Waals surface area contributed by atoms with Crippen LogP contribution in [0.25, 0.3) is 0 Å². The first-order valence-electron chi connectivity index (χ1n) is 11.0. The maximum Gasteiger partial charge on any atom is 0.254 e. The van der Waals surface area contributed by atoms with E-state index in [1.54, 1.807) is 23.1 Å². The van der Waals surface area contributed by atoms with Crippen LogP contribution in [0.15, 0.2) is 29.2 Å². The molecule has 30 heavy (non-hydrogen) atoms. The number of piperazine rings is 1. The van der Waals surface area contributed by atoms with Crippen LogP contribution in [0.5, 0.6) is 0 Å². The molecule has 3 aliphatic rings. The minimum Gasteiger partial charge on any atom is -0.340 e. The second kappa shape index (κ2) is 8.67. The summed E-state index contributed by atoms with van der Waals surface area (Å²) in [7, 11) is -3.70. The van der Waals surface area contributed by atoms with Crippen molar-refractivity contribution in [1.82, 2.24) is 14.1 Å². The monoisotopic (exact) mass is 433 g/mol. The van der Waals surface area contributed by atoms with Crippen molar-refractivity contribution in [2.45, 2.75) is 56.4 Å². The van der Waals surface area contributed by atoms with Gasteiger partial charge in [-0.15, -0.1) is 0 Å². The van der Waals surface area contributed by atoms with E-state index in [0.717, 1.165) is 25.8 Å². The molecule has 0 aromatic heterocycles. The van der Waals surface area contributed by atoms with E-state index in [4.69, 9.17) is 0 Å². The normalized spacial score (nSPS) is 25.6. The van der Waals surface area contributed by atoms with Crippen molar-refractivity contribution in [2.24, 2.45) is 5.92 Å². The van der Waals surface area contributed by atoms with Crippen LogP contribution in [0.3, 0.4) is 0 Å². The summed E-state index contributed by atoms with van der Waals surface area (Å²) < 4.78 is 27.7. The van der Waals surface area contributed by atoms with Crippen molar-refractivity contribution >= 4 is 21.8 Å². The number of hydrogen-bond donors (Lipinski definition) is 0. The van der Waals surface area contributed by atoms with Crippen molar-refractivity contribution in [1.29, 1.82) is 0 Å². The van der Waals surface area contributed by atoms with Crippen molar-refractivity contribution in [3.63, 3.8) is 0 Å². The van der Waals surface area contributed by atoms with Crippen LogP contribution in [0, 0.1) is 5.92 Å². The van der Waals surface area contributed by atoms with Gasteiger partial charge in [0.1, 0.15) is 0 Å². The molecule has 2 heterocycles. The third kappa shape index (κ3) is 4.12. The first kappa shape index (κ1) is 21.3. The second-order valence-electron chi connectivity index (χ2n) is 8.69. The van der Waals surface area contributed by atoms with Gasteiger partial charge in [-0.2, -0.15) is 4.31 Å². The van der Waals surface area contributed by atoms with Gasteiger partial charge in [0.25, 0.3) is 5.91 Å². The Morgan fingerprint density at radius 2 is 1.63 bits per heavy atom. The predicted molar refractivity (Wildman–Crippen MR) is 113 cm³/mol. The Bertz CT molecular complexity index is 907. The second-order valence-corrected chi connectivity index (χ2v) is 10.6. The highest BCUT2D eigenvalue weighted by molar-refractivity contribution is 7.89. The number of carbonyl (C=O) groups is 2. The molecule has 164 valence electrons. The highest BCUT2D eigenvalue weighted by Crippen LogP contribution is 2.36. The van der Waals surface area contributed by atoms with Crippen molar-refractivity contribution in [2.75, 3.05) is 32.7 Å². The summed E-state index contributed by atoms with van der Waals surface area (Å²) in [4.78, 5) is 28.6. The third-order valence-electron chi connectivity index (χ3n) is 6.91. The number of piperidine rings is 1. The number of nitrogens with zero attached hydrogens (tertiary/aromatic N) is 3. The molecule has 1 saturated carbocycles. The smallest absolute Gasteiger partial charge is 0.254 e. The number of rotatable bonds is 3. The fraction of sp³-hybridized carbons (Fsp3) is 0.636. The van der Waals surface area contributed by atoms with Gasteiger partial charge in [0.2, 0.25) is 15.9 Å². The number of hydrogen-bond acceptors (Lipinski definition) is 4. The van der Waals surface area contributed by atoms with Crippen molar-refractivity contribution < 1.29 is 18.0 Å². The number of carbonyl (C=O) groups excluding carboxylic acids is 2. The Balaban J connectivity index is 1.52. The predicted octanol–water partition coefficient (Wildman–Crippen LogP) is 2.33. The fourth-order valence-corrected chi connectivity index (χ4v) is 6.69. The highest BCUT2D eigenvalue weighted by Gasteiger charge is 2.36. The van der Waals surface area contributed by atoms with E-state index >= 15 is 0 Å². The number of benzene rings is 1. The van der Waals surface area contributed by atoms with E-state index in [1.807, 2.05) is 4.90 Å². The molecule has 1 aliphatic carbocycles. The Morgan fingerprint density at radius 1 is 0.933 bits per heavy atom. The molecule has 0 unspecified atom stereocenters. The minimum absolute atomic E-state index is 0.0396. The van der Waals surface area contributed by atoms with Gasteiger partial charge in [-0.05, 0) is 49.8 Å². The van der Waals surface area contributed by atoms with E-state index in [2.05, 4.69) is 0 Å². The van der Waals surface area contributed by atoms with Crippen LogP contribution < -0.4 is 0 Å². The fourth-order valence-electron chi connectivity index (χ4n) is 5.22. The molecule has 8 heteroatoms. The molecule has 3 fully saturated rings. The van der Waals surface area contributed by atoms with Crippen LogP contribution in [-0.2, 0) is 14.8 Å². The van der Waals surface area contributed by atoms with Gasteiger partial charge in [0.15, 0.2) is 0 Å². The Hall–Kier alpha value is -1.93. The lowest BCUT2D eigenvalue weighted by Crippen LogP contribution is -2.50. The number of likely N-dealkylation sites (tertiary alicyclic amines) is 1. The molecule has 0 bridgehead atoms. The number of fused-ring (bicyclic) bond motifs is 1. The molecule has 2 amide bonds. The van der Waals surface area contributed by atoms with Crippen molar-refractivity contribution in [3.8, 4) is 0 Å². The van der Waals surface area contributed by atoms with Gasteiger partial charge < -0.3 is 9.80 Å². The number of sulfonamides is 1. The summed E-state index contributed by atoms with van der Waals surface area (Å²) in [5.74, 6) is 0.494. The maximum atomic E-state index is 13.3. The van der Waals surface area contributed by atoms with E-state index in [-0.39, 0.29) is 29.8 Å². The van der Waals surface area contributed by atoms with Crippen LogP contribution >= 0.6 is 0 Å². The average Bonchev–Trinajstić information content (AvgIpc) is 2.78. The molecule has 4 rings (SSSR count). The van der Waals surface area contributed by atoms with Crippen LogP contribution in [0.1, 0.15) is 55.8 Å². The zero-order valence-electron chi connectivity index (χ0n) is 17.6. The number of amides is 2. The molecule has 7 nitrogen and oxygen atoms in total. The van der Waals surface area contributed by atoms with Crippen LogP contribution in [0.4, 0.5) is 0 Å². The molecule has 2 saturated heterocycles. The van der Waals surface area contributed by atoms with Crippen molar-refractivity contribution in [3.05, 3.63) is 29.8 Å². The van der Waals surface area contributed by atoms with Gasteiger partial charge in [-0.25, -0.2) is 8.42 Å². The molecule has 0 radical (unpaired) electrons. The molecule has 2 aliphatic heterocycles. The van der Waals surface area contributed by atoms with E-state index in [9.17, 15) is 18.0 Å². The third-order valence-corrected chi connectivity index (χ3v) is 8.80. The van der Waals surface area contributed by atoms with Crippen LogP contribution in [-0.4, -0.2) is 73.1 Å². The lowest BCUT2D eigenvalue weighted by Gasteiger charge is -2.44. The quantitative estimate of drug-likeness (QED) is 0.733. The molecule has 2 atom stereocenters. The van der Waals surface area contributed by atoms with E-state index < -0.39 is 10.0 Å². The molecular formula is C22H31N3O4S. The van der Waals surface area contributed by atoms with Gasteiger partial charge in [0, 0.05) is 51.3 Å². The molecular weight excluding hydrogens is 402 g/mol. The summed E-state index contributed by atoms with van der Waals surface area (Å²) >= 11 is 0. The SMILES string of the molecule is CC(=O)N1CCN(S(=O)(=O)c2cccc(C(=O)N3CCC[C@@H]4CCCC[C@H]43)c2)CC1. The highest BCUT2D eigenvalue weighted by atomic mass is 32.2. The Morgan fingerprint density at radius 3 is 2.37 bits per heavy atom. The summed E-state index contributed by atoms with van der Waals surface area (Å²) in [6.45, 7) is 3.58. The van der Waals surface area contributed by atoms with Gasteiger partial charge >= 0.3 is 0 Å². The average molecular weight is 434 g/mol. The lowest BCUT2D eigenvalue weighted by atomic mass is 9.78. The lowest BCUT2D eigenvalue weighted by molar-refractivity contribution is -0.129. The topological polar surface area (TPSA) is 78.0 Å². The van der Waals surface area contributed by atoms with Gasteiger partial charge in [0.05, 0.1) is 4.90 Å². The Labute approximate surface area is 179 Å². The summed E-state index contributed by atoms with van der Waals surface area (Å²) in [5.41, 5.74) is 0.449. The summed E-state index contributed by atoms with van der Waals surface area (Å²) in [6, 6.07) is 6.76. The first-order chi connectivity index (χ1) is 14.4. The summed E-state index contributed by atoms with van der Waals surface area (Å²) in [6.07, 6.45) is 6.85. The van der Waals surface area contributed by atoms with Gasteiger partial charge in [-0.3, -0.25) is 9.59 Å². The maximum absolute atomic E-state index is 13.3. The summed E-state index contributed by atoms with van der Waals surface area (Å²) in [5, 5.41) is 0. The van der Waals surface area contributed by atoms with Crippen LogP contribution in [0.2, 0.25) is 0 Å². The zero-order chi connectivity index (χ0) is 21.3. The van der Waals surface area contributed by atoms with E-state index in [0.29, 0.717) is 30.6 Å².